The summed E-state index contributed by atoms with van der Waals surface area (Å²) in [5, 5.41) is 11.8. The number of carbonyl (C=O) groups is 2. The van der Waals surface area contributed by atoms with Crippen LogP contribution in [0.2, 0.25) is 0 Å². The SMILES string of the molecule is COC(=O)CCC(C)C1CCC2C3CCC4C[C@H](OC(=O)c5ccccc5)CC[C@]4(C)C3C[C@H](O)[C@]12C. The molecule has 0 aliphatic heterocycles. The number of methoxy groups -OCH3 is 1. The summed E-state index contributed by atoms with van der Waals surface area (Å²) >= 11 is 0. The molecule has 0 aromatic heterocycles. The first-order valence-electron chi connectivity index (χ1n) is 14.7. The largest absolute Gasteiger partial charge is 0.469 e. The minimum Gasteiger partial charge on any atom is -0.469 e. The Labute approximate surface area is 222 Å². The lowest BCUT2D eigenvalue weighted by atomic mass is 9.43. The third kappa shape index (κ3) is 4.64. The second-order valence-corrected chi connectivity index (χ2v) is 13.2. The molecule has 0 radical (unpaired) electrons. The molecule has 1 aromatic rings. The molecule has 0 saturated heterocycles. The molecule has 5 rings (SSSR count). The molecule has 5 nitrogen and oxygen atoms in total. The van der Waals surface area contributed by atoms with Crippen molar-refractivity contribution in [3.8, 4) is 0 Å². The van der Waals surface area contributed by atoms with Crippen molar-refractivity contribution in [2.45, 2.75) is 97.2 Å². The first-order chi connectivity index (χ1) is 17.7. The minimum atomic E-state index is -0.295. The average molecular weight is 511 g/mol. The van der Waals surface area contributed by atoms with Crippen LogP contribution in [0.15, 0.2) is 30.3 Å². The molecule has 0 amide bonds. The number of carbonyl (C=O) groups excluding carboxylic acids is 2. The van der Waals surface area contributed by atoms with Crippen LogP contribution >= 0.6 is 0 Å². The number of aliphatic hydroxyl groups excluding tert-OH is 1. The van der Waals surface area contributed by atoms with Crippen LogP contribution in [0.3, 0.4) is 0 Å². The monoisotopic (exact) mass is 510 g/mol. The highest BCUT2D eigenvalue weighted by atomic mass is 16.5. The van der Waals surface area contributed by atoms with Crippen molar-refractivity contribution in [3.05, 3.63) is 35.9 Å². The number of ether oxygens (including phenoxy) is 2. The molecule has 1 N–H and O–H groups in total. The molecule has 0 spiro atoms. The molecular formula is C32H46O5. The molecule has 5 heteroatoms. The van der Waals surface area contributed by atoms with Crippen LogP contribution in [0.5, 0.6) is 0 Å². The number of benzene rings is 1. The van der Waals surface area contributed by atoms with Gasteiger partial charge in [0, 0.05) is 6.42 Å². The number of hydrogen-bond donors (Lipinski definition) is 1. The quantitative estimate of drug-likeness (QED) is 0.447. The van der Waals surface area contributed by atoms with Crippen LogP contribution < -0.4 is 0 Å². The summed E-state index contributed by atoms with van der Waals surface area (Å²) in [5.74, 6) is 2.82. The van der Waals surface area contributed by atoms with Crippen LogP contribution in [-0.2, 0) is 14.3 Å². The second kappa shape index (κ2) is 10.4. The van der Waals surface area contributed by atoms with Gasteiger partial charge in [0.1, 0.15) is 6.10 Å². The van der Waals surface area contributed by atoms with E-state index in [1.54, 1.807) is 0 Å². The topological polar surface area (TPSA) is 72.8 Å². The highest BCUT2D eigenvalue weighted by Gasteiger charge is 2.63. The standard InChI is InChI=1S/C32H46O5/c1-20(10-15-29(34)36-4)25-13-14-26-24-12-11-22-18-23(37-30(35)21-8-6-5-7-9-21)16-17-31(22,2)27(24)19-28(33)32(25,26)3/h5-9,20,22-28,33H,10-19H2,1-4H3/t20?,22?,23-,24?,25?,26?,27?,28+,31+,32-/m1/s1. The smallest absolute Gasteiger partial charge is 0.338 e. The third-order valence-corrected chi connectivity index (χ3v) is 11.8. The van der Waals surface area contributed by atoms with Gasteiger partial charge in [-0.05, 0) is 116 Å². The van der Waals surface area contributed by atoms with Crippen LogP contribution in [-0.4, -0.2) is 36.4 Å². The lowest BCUT2D eigenvalue weighted by molar-refractivity contribution is -0.175. The van der Waals surface area contributed by atoms with E-state index in [0.717, 1.165) is 38.5 Å². The van der Waals surface area contributed by atoms with Gasteiger partial charge in [0.25, 0.3) is 0 Å². The van der Waals surface area contributed by atoms with Gasteiger partial charge in [-0.3, -0.25) is 4.79 Å². The fourth-order valence-corrected chi connectivity index (χ4v) is 9.69. The molecular weight excluding hydrogens is 464 g/mol. The average Bonchev–Trinajstić information content (AvgIpc) is 3.27. The van der Waals surface area contributed by atoms with Crippen LogP contribution in [0, 0.1) is 46.3 Å². The van der Waals surface area contributed by atoms with E-state index in [9.17, 15) is 14.7 Å². The Bertz CT molecular complexity index is 977. The van der Waals surface area contributed by atoms with Crippen molar-refractivity contribution in [2.75, 3.05) is 7.11 Å². The van der Waals surface area contributed by atoms with Gasteiger partial charge in [0.2, 0.25) is 0 Å². The highest BCUT2D eigenvalue weighted by molar-refractivity contribution is 5.89. The summed E-state index contributed by atoms with van der Waals surface area (Å²) in [6, 6.07) is 9.33. The predicted molar refractivity (Wildman–Crippen MR) is 143 cm³/mol. The molecule has 0 heterocycles. The van der Waals surface area contributed by atoms with Gasteiger partial charge in [-0.25, -0.2) is 4.79 Å². The Morgan fingerprint density at radius 1 is 1.03 bits per heavy atom. The molecule has 4 aliphatic rings. The van der Waals surface area contributed by atoms with Gasteiger partial charge in [0.15, 0.2) is 0 Å². The van der Waals surface area contributed by atoms with Crippen molar-refractivity contribution in [1.29, 1.82) is 0 Å². The van der Waals surface area contributed by atoms with Gasteiger partial charge < -0.3 is 14.6 Å². The lowest BCUT2D eigenvalue weighted by Crippen LogP contribution is -2.59. The normalized spacial score (nSPS) is 41.6. The highest BCUT2D eigenvalue weighted by Crippen LogP contribution is 2.68. The van der Waals surface area contributed by atoms with Crippen molar-refractivity contribution < 1.29 is 24.2 Å². The summed E-state index contributed by atoms with van der Waals surface area (Å²) in [6.07, 6.45) is 9.59. The van der Waals surface area contributed by atoms with Gasteiger partial charge in [-0.1, -0.05) is 39.0 Å². The second-order valence-electron chi connectivity index (χ2n) is 13.2. The molecule has 37 heavy (non-hydrogen) atoms. The fraction of sp³-hybridized carbons (Fsp3) is 0.750. The van der Waals surface area contributed by atoms with E-state index in [4.69, 9.17) is 9.47 Å². The van der Waals surface area contributed by atoms with Gasteiger partial charge >= 0.3 is 11.9 Å². The van der Waals surface area contributed by atoms with Crippen LogP contribution in [0.25, 0.3) is 0 Å². The van der Waals surface area contributed by atoms with E-state index in [1.165, 1.54) is 26.4 Å². The zero-order valence-corrected chi connectivity index (χ0v) is 23.2. The number of aliphatic hydroxyl groups is 1. The number of rotatable bonds is 6. The molecule has 4 fully saturated rings. The molecule has 4 saturated carbocycles. The maximum absolute atomic E-state index is 12.7. The van der Waals surface area contributed by atoms with Crippen LogP contribution in [0.1, 0.15) is 95.3 Å². The lowest BCUT2D eigenvalue weighted by Gasteiger charge is -2.62. The van der Waals surface area contributed by atoms with Crippen molar-refractivity contribution in [2.24, 2.45) is 46.3 Å². The Morgan fingerprint density at radius 3 is 2.51 bits per heavy atom. The van der Waals surface area contributed by atoms with Gasteiger partial charge in [-0.15, -0.1) is 0 Å². The molecule has 4 aliphatic carbocycles. The maximum atomic E-state index is 12.7. The first-order valence-corrected chi connectivity index (χ1v) is 14.7. The van der Waals surface area contributed by atoms with Crippen molar-refractivity contribution in [1.82, 2.24) is 0 Å². The van der Waals surface area contributed by atoms with E-state index < -0.39 is 0 Å². The van der Waals surface area contributed by atoms with E-state index in [1.807, 2.05) is 30.3 Å². The molecule has 0 bridgehead atoms. The number of fused-ring (bicyclic) bond motifs is 5. The summed E-state index contributed by atoms with van der Waals surface area (Å²) in [4.78, 5) is 24.5. The molecule has 1 aromatic carbocycles. The summed E-state index contributed by atoms with van der Waals surface area (Å²) in [6.45, 7) is 7.11. The zero-order valence-electron chi connectivity index (χ0n) is 23.2. The van der Waals surface area contributed by atoms with E-state index in [2.05, 4.69) is 20.8 Å². The van der Waals surface area contributed by atoms with Crippen molar-refractivity contribution in [3.63, 3.8) is 0 Å². The van der Waals surface area contributed by atoms with E-state index in [-0.39, 0.29) is 35.0 Å². The van der Waals surface area contributed by atoms with Gasteiger partial charge in [0.05, 0.1) is 18.8 Å². The Balaban J connectivity index is 1.27. The Morgan fingerprint density at radius 2 is 1.78 bits per heavy atom. The summed E-state index contributed by atoms with van der Waals surface area (Å²) in [7, 11) is 1.46. The predicted octanol–water partition coefficient (Wildman–Crippen LogP) is 6.43. The molecule has 204 valence electrons. The molecule has 6 unspecified atom stereocenters. The number of esters is 2. The Kier molecular flexibility index (Phi) is 7.48. The summed E-state index contributed by atoms with van der Waals surface area (Å²) in [5.41, 5.74) is 0.767. The minimum absolute atomic E-state index is 0.00682. The van der Waals surface area contributed by atoms with Crippen LogP contribution in [0.4, 0.5) is 0 Å². The first kappa shape index (κ1) is 26.7. The maximum Gasteiger partial charge on any atom is 0.338 e. The third-order valence-electron chi connectivity index (χ3n) is 11.8. The van der Waals surface area contributed by atoms with Crippen molar-refractivity contribution >= 4 is 11.9 Å². The van der Waals surface area contributed by atoms with E-state index in [0.29, 0.717) is 47.5 Å². The fourth-order valence-electron chi connectivity index (χ4n) is 9.69. The van der Waals surface area contributed by atoms with E-state index >= 15 is 0 Å². The van der Waals surface area contributed by atoms with Gasteiger partial charge in [-0.2, -0.15) is 0 Å². The number of hydrogen-bond acceptors (Lipinski definition) is 5. The Hall–Kier alpha value is -1.88. The zero-order chi connectivity index (χ0) is 26.4. The summed E-state index contributed by atoms with van der Waals surface area (Å²) < 4.78 is 10.9. The molecule has 10 atom stereocenters.